The molecule has 2 amide bonds. The zero-order valence-electron chi connectivity index (χ0n) is 12.2. The van der Waals surface area contributed by atoms with Crippen LogP contribution in [0, 0.1) is 13.8 Å². The highest BCUT2D eigenvalue weighted by Crippen LogP contribution is 2.16. The molecule has 1 aliphatic rings. The molecule has 1 fully saturated rings. The number of carbonyl (C=O) groups excluding carboxylic acids is 2. The second-order valence-electron chi connectivity index (χ2n) is 5.41. The summed E-state index contributed by atoms with van der Waals surface area (Å²) in [5.74, 6) is -0.0191. The summed E-state index contributed by atoms with van der Waals surface area (Å²) in [5.41, 5.74) is 3.27. The summed E-state index contributed by atoms with van der Waals surface area (Å²) < 4.78 is 1.84. The van der Waals surface area contributed by atoms with Gasteiger partial charge in [-0.3, -0.25) is 14.0 Å². The SMILES string of the molecule is Cc1ccn2c(C(=O)N3CCN(C=O)CC3)c(C)nc2c1. The van der Waals surface area contributed by atoms with Gasteiger partial charge in [0, 0.05) is 32.4 Å². The number of amides is 2. The van der Waals surface area contributed by atoms with E-state index in [1.54, 1.807) is 9.80 Å². The number of hydrogen-bond acceptors (Lipinski definition) is 3. The molecule has 6 nitrogen and oxygen atoms in total. The average molecular weight is 286 g/mol. The molecule has 2 aromatic heterocycles. The first-order valence-corrected chi connectivity index (χ1v) is 7.04. The Kier molecular flexibility index (Phi) is 3.37. The number of rotatable bonds is 2. The third-order valence-corrected chi connectivity index (χ3v) is 3.91. The molecule has 21 heavy (non-hydrogen) atoms. The summed E-state index contributed by atoms with van der Waals surface area (Å²) in [6.07, 6.45) is 2.73. The minimum absolute atomic E-state index is 0.0191. The maximum Gasteiger partial charge on any atom is 0.272 e. The average Bonchev–Trinajstić information content (AvgIpc) is 2.81. The molecular weight excluding hydrogens is 268 g/mol. The molecule has 0 saturated carbocycles. The van der Waals surface area contributed by atoms with Crippen molar-refractivity contribution < 1.29 is 9.59 Å². The highest BCUT2D eigenvalue weighted by Gasteiger charge is 2.25. The third-order valence-electron chi connectivity index (χ3n) is 3.91. The topological polar surface area (TPSA) is 57.9 Å². The van der Waals surface area contributed by atoms with E-state index < -0.39 is 0 Å². The predicted molar refractivity (Wildman–Crippen MR) is 78.2 cm³/mol. The van der Waals surface area contributed by atoms with Crippen molar-refractivity contribution in [3.63, 3.8) is 0 Å². The predicted octanol–water partition coefficient (Wildman–Crippen LogP) is 0.865. The second kappa shape index (κ2) is 5.20. The summed E-state index contributed by atoms with van der Waals surface area (Å²) >= 11 is 0. The normalized spacial score (nSPS) is 15.5. The molecule has 0 unspecified atom stereocenters. The van der Waals surface area contributed by atoms with Crippen molar-refractivity contribution in [2.75, 3.05) is 26.2 Å². The van der Waals surface area contributed by atoms with Crippen LogP contribution >= 0.6 is 0 Å². The van der Waals surface area contributed by atoms with Crippen molar-refractivity contribution in [1.82, 2.24) is 19.2 Å². The van der Waals surface area contributed by atoms with Crippen molar-refractivity contribution in [2.45, 2.75) is 13.8 Å². The van der Waals surface area contributed by atoms with Gasteiger partial charge < -0.3 is 9.80 Å². The zero-order valence-corrected chi connectivity index (χ0v) is 12.2. The number of pyridine rings is 1. The van der Waals surface area contributed by atoms with Gasteiger partial charge in [-0.2, -0.15) is 0 Å². The van der Waals surface area contributed by atoms with Crippen LogP contribution in [-0.2, 0) is 4.79 Å². The Bertz CT molecular complexity index is 699. The molecule has 110 valence electrons. The Morgan fingerprint density at radius 3 is 2.62 bits per heavy atom. The van der Waals surface area contributed by atoms with Crippen LogP contribution in [0.4, 0.5) is 0 Å². The minimum atomic E-state index is -0.0191. The van der Waals surface area contributed by atoms with E-state index in [1.807, 2.05) is 36.6 Å². The lowest BCUT2D eigenvalue weighted by atomic mass is 10.2. The molecule has 6 heteroatoms. The molecule has 0 aromatic carbocycles. The molecule has 0 atom stereocenters. The van der Waals surface area contributed by atoms with E-state index in [2.05, 4.69) is 4.98 Å². The standard InChI is InChI=1S/C15H18N4O2/c1-11-3-4-19-13(9-11)16-12(2)14(19)15(21)18-7-5-17(10-20)6-8-18/h3-4,9-10H,5-8H2,1-2H3. The van der Waals surface area contributed by atoms with Crippen molar-refractivity contribution in [1.29, 1.82) is 0 Å². The second-order valence-corrected chi connectivity index (χ2v) is 5.41. The highest BCUT2D eigenvalue weighted by atomic mass is 16.2. The number of imidazole rings is 1. The van der Waals surface area contributed by atoms with Crippen molar-refractivity contribution in [3.8, 4) is 0 Å². The molecule has 3 heterocycles. The van der Waals surface area contributed by atoms with Crippen LogP contribution in [-0.4, -0.2) is 57.7 Å². The highest BCUT2D eigenvalue weighted by molar-refractivity contribution is 5.94. The molecule has 1 aliphatic heterocycles. The van der Waals surface area contributed by atoms with Gasteiger partial charge in [-0.15, -0.1) is 0 Å². The summed E-state index contributed by atoms with van der Waals surface area (Å²) in [7, 11) is 0. The molecule has 2 aromatic rings. The van der Waals surface area contributed by atoms with Gasteiger partial charge in [0.1, 0.15) is 11.3 Å². The zero-order chi connectivity index (χ0) is 15.0. The molecule has 0 N–H and O–H groups in total. The van der Waals surface area contributed by atoms with Gasteiger partial charge in [-0.25, -0.2) is 4.98 Å². The van der Waals surface area contributed by atoms with Gasteiger partial charge in [0.15, 0.2) is 0 Å². The van der Waals surface area contributed by atoms with E-state index in [1.165, 1.54) is 0 Å². The number of hydrogen-bond donors (Lipinski definition) is 0. The first-order chi connectivity index (χ1) is 10.1. The summed E-state index contributed by atoms with van der Waals surface area (Å²) in [4.78, 5) is 31.4. The molecule has 0 radical (unpaired) electrons. The van der Waals surface area contributed by atoms with E-state index in [0.29, 0.717) is 31.9 Å². The van der Waals surface area contributed by atoms with E-state index in [0.717, 1.165) is 23.3 Å². The van der Waals surface area contributed by atoms with Gasteiger partial charge in [0.2, 0.25) is 6.41 Å². The van der Waals surface area contributed by atoms with E-state index in [9.17, 15) is 9.59 Å². The number of nitrogens with zero attached hydrogens (tertiary/aromatic N) is 4. The minimum Gasteiger partial charge on any atom is -0.342 e. The number of aromatic nitrogens is 2. The number of carbonyl (C=O) groups is 2. The summed E-state index contributed by atoms with van der Waals surface area (Å²) in [6.45, 7) is 6.17. The van der Waals surface area contributed by atoms with Crippen LogP contribution in [0.5, 0.6) is 0 Å². The van der Waals surface area contributed by atoms with Gasteiger partial charge in [0.05, 0.1) is 5.69 Å². The van der Waals surface area contributed by atoms with Crippen molar-refractivity contribution in [3.05, 3.63) is 35.3 Å². The van der Waals surface area contributed by atoms with Crippen molar-refractivity contribution in [2.24, 2.45) is 0 Å². The molecular formula is C15H18N4O2. The summed E-state index contributed by atoms with van der Waals surface area (Å²) in [6, 6.07) is 3.93. The van der Waals surface area contributed by atoms with Crippen LogP contribution in [0.2, 0.25) is 0 Å². The van der Waals surface area contributed by atoms with E-state index >= 15 is 0 Å². The lowest BCUT2D eigenvalue weighted by molar-refractivity contribution is -0.119. The monoisotopic (exact) mass is 286 g/mol. The smallest absolute Gasteiger partial charge is 0.272 e. The Balaban J connectivity index is 1.91. The first-order valence-electron chi connectivity index (χ1n) is 7.04. The fourth-order valence-electron chi connectivity index (χ4n) is 2.70. The van der Waals surface area contributed by atoms with Gasteiger partial charge >= 0.3 is 0 Å². The Labute approximate surface area is 123 Å². The number of piperazine rings is 1. The van der Waals surface area contributed by atoms with Crippen LogP contribution in [0.3, 0.4) is 0 Å². The molecule has 0 spiro atoms. The largest absolute Gasteiger partial charge is 0.342 e. The summed E-state index contributed by atoms with van der Waals surface area (Å²) in [5, 5.41) is 0. The quantitative estimate of drug-likeness (QED) is 0.770. The number of aryl methyl sites for hydroxylation is 2. The molecule has 0 bridgehead atoms. The molecule has 0 aliphatic carbocycles. The van der Waals surface area contributed by atoms with Crippen LogP contribution in [0.1, 0.15) is 21.7 Å². The Hall–Kier alpha value is -2.37. The fraction of sp³-hybridized carbons (Fsp3) is 0.400. The van der Waals surface area contributed by atoms with Gasteiger partial charge in [-0.05, 0) is 31.5 Å². The Morgan fingerprint density at radius 2 is 1.95 bits per heavy atom. The maximum atomic E-state index is 12.7. The lowest BCUT2D eigenvalue weighted by Gasteiger charge is -2.32. The molecule has 1 saturated heterocycles. The van der Waals surface area contributed by atoms with E-state index in [-0.39, 0.29) is 5.91 Å². The number of fused-ring (bicyclic) bond motifs is 1. The van der Waals surface area contributed by atoms with Crippen LogP contribution in [0.25, 0.3) is 5.65 Å². The molecule has 3 rings (SSSR count). The van der Waals surface area contributed by atoms with Gasteiger partial charge in [-0.1, -0.05) is 0 Å². The third kappa shape index (κ3) is 2.37. The first kappa shape index (κ1) is 13.6. The van der Waals surface area contributed by atoms with E-state index in [4.69, 9.17) is 0 Å². The van der Waals surface area contributed by atoms with Crippen LogP contribution in [0.15, 0.2) is 18.3 Å². The lowest BCUT2D eigenvalue weighted by Crippen LogP contribution is -2.48. The van der Waals surface area contributed by atoms with Crippen LogP contribution < -0.4 is 0 Å². The Morgan fingerprint density at radius 1 is 1.24 bits per heavy atom. The fourth-order valence-corrected chi connectivity index (χ4v) is 2.70. The van der Waals surface area contributed by atoms with Crippen molar-refractivity contribution >= 4 is 18.0 Å². The maximum absolute atomic E-state index is 12.7. The van der Waals surface area contributed by atoms with Gasteiger partial charge in [0.25, 0.3) is 5.91 Å².